The maximum absolute atomic E-state index is 12.3. The maximum atomic E-state index is 12.3. The van der Waals surface area contributed by atoms with Gasteiger partial charge in [0.25, 0.3) is 11.8 Å². The van der Waals surface area contributed by atoms with Crippen LogP contribution in [0.2, 0.25) is 0 Å². The largest absolute Gasteiger partial charge is 0.348 e. The molecule has 2 N–H and O–H groups in total. The molecule has 2 aromatic carbocycles. The third kappa shape index (κ3) is 5.46. The lowest BCUT2D eigenvalue weighted by Gasteiger charge is -2.07. The van der Waals surface area contributed by atoms with Crippen molar-refractivity contribution in [1.82, 2.24) is 15.5 Å². The van der Waals surface area contributed by atoms with Gasteiger partial charge in [-0.2, -0.15) is 0 Å². The average Bonchev–Trinajstić information content (AvgIpc) is 3.16. The Kier molecular flexibility index (Phi) is 6.89. The van der Waals surface area contributed by atoms with Gasteiger partial charge in [-0.15, -0.1) is 10.2 Å². The number of hydrogen-bond donors (Lipinski definition) is 2. The summed E-state index contributed by atoms with van der Waals surface area (Å²) in [4.78, 5) is 24.5. The molecule has 0 bridgehead atoms. The van der Waals surface area contributed by atoms with E-state index in [1.54, 1.807) is 24.3 Å². The molecule has 28 heavy (non-hydrogen) atoms. The second-order valence-corrected chi connectivity index (χ2v) is 8.07. The van der Waals surface area contributed by atoms with Gasteiger partial charge in [-0.3, -0.25) is 9.59 Å². The number of nitrogens with one attached hydrogen (secondary N) is 2. The predicted octanol–water partition coefficient (Wildman–Crippen LogP) is 4.44. The second kappa shape index (κ2) is 9.57. The number of halogens is 1. The van der Waals surface area contributed by atoms with E-state index in [1.165, 1.54) is 11.3 Å². The first kappa shape index (κ1) is 20.2. The van der Waals surface area contributed by atoms with Crippen LogP contribution in [0, 0.1) is 0 Å². The first-order chi connectivity index (χ1) is 13.5. The smallest absolute Gasteiger partial charge is 0.286 e. The molecular formula is C20H19BrN4O2S. The van der Waals surface area contributed by atoms with E-state index in [2.05, 4.69) is 43.7 Å². The van der Waals surface area contributed by atoms with E-state index in [-0.39, 0.29) is 11.8 Å². The maximum Gasteiger partial charge on any atom is 0.286 e. The lowest BCUT2D eigenvalue weighted by Crippen LogP contribution is -2.22. The molecule has 1 aromatic heterocycles. The first-order valence-electron chi connectivity index (χ1n) is 8.81. The Morgan fingerprint density at radius 1 is 1.07 bits per heavy atom. The molecule has 2 amide bonds. The predicted molar refractivity (Wildman–Crippen MR) is 114 cm³/mol. The van der Waals surface area contributed by atoms with Crippen molar-refractivity contribution in [3.8, 4) is 0 Å². The normalized spacial score (nSPS) is 10.5. The van der Waals surface area contributed by atoms with Gasteiger partial charge in [0.1, 0.15) is 5.01 Å². The van der Waals surface area contributed by atoms with E-state index in [0.717, 1.165) is 27.9 Å². The van der Waals surface area contributed by atoms with Crippen molar-refractivity contribution in [2.75, 3.05) is 5.32 Å². The van der Waals surface area contributed by atoms with Crippen molar-refractivity contribution in [2.45, 2.75) is 26.3 Å². The van der Waals surface area contributed by atoms with Gasteiger partial charge in [0.2, 0.25) is 5.01 Å². The monoisotopic (exact) mass is 458 g/mol. The number of amides is 2. The van der Waals surface area contributed by atoms with E-state index in [1.807, 2.05) is 24.3 Å². The number of carbonyl (C=O) groups excluding carboxylic acids is 2. The Labute approximate surface area is 175 Å². The van der Waals surface area contributed by atoms with Crippen molar-refractivity contribution < 1.29 is 9.59 Å². The van der Waals surface area contributed by atoms with Gasteiger partial charge in [-0.25, -0.2) is 0 Å². The molecule has 0 saturated carbocycles. The lowest BCUT2D eigenvalue weighted by molar-refractivity contribution is 0.0950. The van der Waals surface area contributed by atoms with Crippen LogP contribution in [0.15, 0.2) is 53.0 Å². The zero-order valence-electron chi connectivity index (χ0n) is 15.2. The second-order valence-electron chi connectivity index (χ2n) is 6.10. The molecule has 1 heterocycles. The highest BCUT2D eigenvalue weighted by atomic mass is 79.9. The highest BCUT2D eigenvalue weighted by molar-refractivity contribution is 9.10. The number of rotatable bonds is 7. The summed E-state index contributed by atoms with van der Waals surface area (Å²) < 4.78 is 0.969. The molecule has 0 radical (unpaired) electrons. The van der Waals surface area contributed by atoms with E-state index in [0.29, 0.717) is 22.8 Å². The Hall–Kier alpha value is -2.58. The van der Waals surface area contributed by atoms with Crippen LogP contribution in [-0.4, -0.2) is 22.0 Å². The molecule has 0 unspecified atom stereocenters. The van der Waals surface area contributed by atoms with Crippen LogP contribution in [0.3, 0.4) is 0 Å². The molecule has 0 fully saturated rings. The van der Waals surface area contributed by atoms with E-state index in [4.69, 9.17) is 0 Å². The molecule has 0 aliphatic rings. The Morgan fingerprint density at radius 2 is 1.86 bits per heavy atom. The fourth-order valence-electron chi connectivity index (χ4n) is 2.48. The zero-order valence-corrected chi connectivity index (χ0v) is 17.6. The van der Waals surface area contributed by atoms with Crippen LogP contribution in [0.5, 0.6) is 0 Å². The molecular weight excluding hydrogens is 440 g/mol. The topological polar surface area (TPSA) is 84.0 Å². The van der Waals surface area contributed by atoms with Gasteiger partial charge in [0, 0.05) is 28.7 Å². The summed E-state index contributed by atoms with van der Waals surface area (Å²) in [5.41, 5.74) is 2.13. The quantitative estimate of drug-likeness (QED) is 0.548. The third-order valence-electron chi connectivity index (χ3n) is 3.87. The molecule has 3 rings (SSSR count). The zero-order chi connectivity index (χ0) is 19.9. The van der Waals surface area contributed by atoms with Crippen molar-refractivity contribution in [2.24, 2.45) is 0 Å². The van der Waals surface area contributed by atoms with Crippen LogP contribution >= 0.6 is 27.3 Å². The minimum absolute atomic E-state index is 0.175. The molecule has 0 saturated heterocycles. The highest BCUT2D eigenvalue weighted by Crippen LogP contribution is 2.16. The number of aromatic nitrogens is 2. The first-order valence-corrected chi connectivity index (χ1v) is 10.4. The van der Waals surface area contributed by atoms with Crippen molar-refractivity contribution in [1.29, 1.82) is 0 Å². The standard InChI is InChI=1S/C20H19BrN4O2S/c1-2-4-17-24-25-20(28-17)19(27)23-16-9-7-14(8-10-16)18(26)22-12-13-5-3-6-15(21)11-13/h3,5-11H,2,4,12H2,1H3,(H,22,26)(H,23,27). The van der Waals surface area contributed by atoms with Gasteiger partial charge in [0.15, 0.2) is 0 Å². The van der Waals surface area contributed by atoms with Crippen molar-refractivity contribution in [3.63, 3.8) is 0 Å². The molecule has 8 heteroatoms. The number of nitrogens with zero attached hydrogens (tertiary/aromatic N) is 2. The van der Waals surface area contributed by atoms with Crippen LogP contribution < -0.4 is 10.6 Å². The van der Waals surface area contributed by atoms with Crippen LogP contribution in [0.4, 0.5) is 5.69 Å². The summed E-state index contributed by atoms with van der Waals surface area (Å²) >= 11 is 4.71. The summed E-state index contributed by atoms with van der Waals surface area (Å²) in [7, 11) is 0. The van der Waals surface area contributed by atoms with Gasteiger partial charge < -0.3 is 10.6 Å². The minimum Gasteiger partial charge on any atom is -0.348 e. The van der Waals surface area contributed by atoms with Crippen LogP contribution in [0.1, 0.15) is 44.1 Å². The summed E-state index contributed by atoms with van der Waals surface area (Å²) in [5.74, 6) is -0.474. The summed E-state index contributed by atoms with van der Waals surface area (Å²) in [6.07, 6.45) is 1.77. The van der Waals surface area contributed by atoms with E-state index < -0.39 is 0 Å². The molecule has 0 spiro atoms. The van der Waals surface area contributed by atoms with Crippen molar-refractivity contribution >= 4 is 44.8 Å². The van der Waals surface area contributed by atoms with Crippen molar-refractivity contribution in [3.05, 3.63) is 74.1 Å². The minimum atomic E-state index is -0.299. The lowest BCUT2D eigenvalue weighted by atomic mass is 10.1. The number of anilines is 1. The summed E-state index contributed by atoms with van der Waals surface area (Å²) in [5, 5.41) is 14.8. The highest BCUT2D eigenvalue weighted by Gasteiger charge is 2.13. The fraction of sp³-hybridized carbons (Fsp3) is 0.200. The van der Waals surface area contributed by atoms with Crippen LogP contribution in [0.25, 0.3) is 0 Å². The number of benzene rings is 2. The van der Waals surface area contributed by atoms with E-state index >= 15 is 0 Å². The Morgan fingerprint density at radius 3 is 2.57 bits per heavy atom. The van der Waals surface area contributed by atoms with E-state index in [9.17, 15) is 9.59 Å². The molecule has 0 aliphatic carbocycles. The molecule has 3 aromatic rings. The van der Waals surface area contributed by atoms with Crippen LogP contribution in [-0.2, 0) is 13.0 Å². The summed E-state index contributed by atoms with van der Waals surface area (Å²) in [6, 6.07) is 14.5. The Bertz CT molecular complexity index is 972. The molecule has 144 valence electrons. The molecule has 0 atom stereocenters. The summed E-state index contributed by atoms with van der Waals surface area (Å²) in [6.45, 7) is 2.49. The number of hydrogen-bond acceptors (Lipinski definition) is 5. The van der Waals surface area contributed by atoms with Gasteiger partial charge in [-0.05, 0) is 48.4 Å². The SMILES string of the molecule is CCCc1nnc(C(=O)Nc2ccc(C(=O)NCc3cccc(Br)c3)cc2)s1. The number of aryl methyl sites for hydroxylation is 1. The molecule has 0 aliphatic heterocycles. The molecule has 6 nitrogen and oxygen atoms in total. The van der Waals surface area contributed by atoms with Gasteiger partial charge in [-0.1, -0.05) is 46.3 Å². The number of carbonyl (C=O) groups is 2. The fourth-order valence-corrected chi connectivity index (χ4v) is 3.76. The average molecular weight is 459 g/mol. The Balaban J connectivity index is 1.56. The third-order valence-corrected chi connectivity index (χ3v) is 5.35. The van der Waals surface area contributed by atoms with Gasteiger partial charge in [0.05, 0.1) is 0 Å². The van der Waals surface area contributed by atoms with Gasteiger partial charge >= 0.3 is 0 Å².